The van der Waals surface area contributed by atoms with Crippen molar-refractivity contribution in [1.82, 2.24) is 0 Å². The largest absolute Gasteiger partial charge is 0.497 e. The molecule has 24 heavy (non-hydrogen) atoms. The smallest absolute Gasteiger partial charge is 0.258 e. The zero-order valence-electron chi connectivity index (χ0n) is 13.6. The van der Waals surface area contributed by atoms with E-state index in [1.807, 2.05) is 0 Å². The van der Waals surface area contributed by atoms with Crippen molar-refractivity contribution in [1.29, 1.82) is 0 Å². The van der Waals surface area contributed by atoms with Crippen LogP contribution in [0.15, 0.2) is 40.9 Å². The summed E-state index contributed by atoms with van der Waals surface area (Å²) in [5, 5.41) is 2.69. The normalized spacial score (nSPS) is 10.3. The van der Waals surface area contributed by atoms with E-state index in [9.17, 15) is 9.18 Å². The summed E-state index contributed by atoms with van der Waals surface area (Å²) in [6, 6.07) is 9.41. The van der Waals surface area contributed by atoms with Crippen LogP contribution >= 0.6 is 15.9 Å². The second-order valence-corrected chi connectivity index (χ2v) is 6.06. The van der Waals surface area contributed by atoms with Crippen LogP contribution in [0.5, 0.6) is 11.5 Å². The van der Waals surface area contributed by atoms with Crippen molar-refractivity contribution in [2.75, 3.05) is 19.0 Å². The molecule has 0 saturated heterocycles. The molecule has 2 aromatic carbocycles. The van der Waals surface area contributed by atoms with Gasteiger partial charge in [-0.15, -0.1) is 0 Å². The molecule has 6 heteroatoms. The SMILES string of the molecule is CCCCOc1ccc(OC)cc1NC(=O)c1ccc(Br)cc1F. The molecular formula is C18H19BrFNO3. The van der Waals surface area contributed by atoms with Crippen LogP contribution in [0.2, 0.25) is 0 Å². The first kappa shape index (κ1) is 18.3. The van der Waals surface area contributed by atoms with E-state index in [-0.39, 0.29) is 5.56 Å². The van der Waals surface area contributed by atoms with Gasteiger partial charge >= 0.3 is 0 Å². The van der Waals surface area contributed by atoms with Gasteiger partial charge in [0.2, 0.25) is 0 Å². The third-order valence-corrected chi connectivity index (χ3v) is 3.86. The lowest BCUT2D eigenvalue weighted by Gasteiger charge is -2.14. The third kappa shape index (κ3) is 4.71. The van der Waals surface area contributed by atoms with Crippen molar-refractivity contribution < 1.29 is 18.7 Å². The molecule has 0 atom stereocenters. The second-order valence-electron chi connectivity index (χ2n) is 5.14. The zero-order valence-corrected chi connectivity index (χ0v) is 15.2. The minimum Gasteiger partial charge on any atom is -0.497 e. The number of carbonyl (C=O) groups is 1. The van der Waals surface area contributed by atoms with E-state index < -0.39 is 11.7 Å². The Morgan fingerprint density at radius 1 is 1.25 bits per heavy atom. The standard InChI is InChI=1S/C18H19BrFNO3/c1-3-4-9-24-17-8-6-13(23-2)11-16(17)21-18(22)14-7-5-12(19)10-15(14)20/h5-8,10-11H,3-4,9H2,1-2H3,(H,21,22). The van der Waals surface area contributed by atoms with Gasteiger partial charge < -0.3 is 14.8 Å². The molecule has 128 valence electrons. The molecule has 2 aromatic rings. The molecule has 4 nitrogen and oxygen atoms in total. The first-order valence-corrected chi connectivity index (χ1v) is 8.41. The average molecular weight is 396 g/mol. The number of hydrogen-bond acceptors (Lipinski definition) is 3. The Hall–Kier alpha value is -2.08. The fourth-order valence-electron chi connectivity index (χ4n) is 2.05. The summed E-state index contributed by atoms with van der Waals surface area (Å²) in [6.45, 7) is 2.61. The Morgan fingerprint density at radius 3 is 2.71 bits per heavy atom. The van der Waals surface area contributed by atoms with Crippen LogP contribution in [0.3, 0.4) is 0 Å². The average Bonchev–Trinajstić information content (AvgIpc) is 2.56. The maximum Gasteiger partial charge on any atom is 0.258 e. The Kier molecular flexibility index (Phi) is 6.61. The number of amides is 1. The minimum absolute atomic E-state index is 0.0412. The van der Waals surface area contributed by atoms with E-state index in [1.54, 1.807) is 24.3 Å². The lowest BCUT2D eigenvalue weighted by Crippen LogP contribution is -2.15. The number of unbranched alkanes of at least 4 members (excludes halogenated alkanes) is 1. The van der Waals surface area contributed by atoms with Crippen LogP contribution in [0.4, 0.5) is 10.1 Å². The van der Waals surface area contributed by atoms with Crippen LogP contribution in [0.1, 0.15) is 30.1 Å². The van der Waals surface area contributed by atoms with Crippen LogP contribution in [-0.2, 0) is 0 Å². The number of ether oxygens (including phenoxy) is 2. The molecule has 0 aromatic heterocycles. The van der Waals surface area contributed by atoms with Crippen LogP contribution < -0.4 is 14.8 Å². The highest BCUT2D eigenvalue weighted by atomic mass is 79.9. The van der Waals surface area contributed by atoms with E-state index in [4.69, 9.17) is 9.47 Å². The Labute approximate surface area is 149 Å². The van der Waals surface area contributed by atoms with Gasteiger partial charge in [0.25, 0.3) is 5.91 Å². The number of nitrogens with one attached hydrogen (secondary N) is 1. The van der Waals surface area contributed by atoms with Crippen molar-refractivity contribution in [2.24, 2.45) is 0 Å². The highest BCUT2D eigenvalue weighted by Crippen LogP contribution is 2.30. The maximum atomic E-state index is 14.0. The molecule has 1 N–H and O–H groups in total. The van der Waals surface area contributed by atoms with E-state index in [0.29, 0.717) is 28.3 Å². The summed E-state index contributed by atoms with van der Waals surface area (Å²) in [5.41, 5.74) is 0.401. The quantitative estimate of drug-likeness (QED) is 0.668. The Bertz CT molecular complexity index is 721. The second kappa shape index (κ2) is 8.68. The van der Waals surface area contributed by atoms with Crippen LogP contribution in [0, 0.1) is 5.82 Å². The van der Waals surface area contributed by atoms with Crippen molar-refractivity contribution in [3.63, 3.8) is 0 Å². The van der Waals surface area contributed by atoms with Gasteiger partial charge in [-0.05, 0) is 36.8 Å². The predicted octanol–water partition coefficient (Wildman–Crippen LogP) is 5.03. The van der Waals surface area contributed by atoms with Crippen LogP contribution in [-0.4, -0.2) is 19.6 Å². The van der Waals surface area contributed by atoms with Gasteiger partial charge in [-0.1, -0.05) is 29.3 Å². The predicted molar refractivity (Wildman–Crippen MR) is 95.5 cm³/mol. The summed E-state index contributed by atoms with van der Waals surface area (Å²) >= 11 is 3.17. The number of rotatable bonds is 7. The highest BCUT2D eigenvalue weighted by Gasteiger charge is 2.15. The molecule has 0 fully saturated rings. The van der Waals surface area contributed by atoms with Gasteiger partial charge in [0.15, 0.2) is 0 Å². The lowest BCUT2D eigenvalue weighted by atomic mass is 10.2. The number of hydrogen-bond donors (Lipinski definition) is 1. The third-order valence-electron chi connectivity index (χ3n) is 3.37. The highest BCUT2D eigenvalue weighted by molar-refractivity contribution is 9.10. The first-order chi connectivity index (χ1) is 11.5. The van der Waals surface area contributed by atoms with Crippen molar-refractivity contribution in [3.05, 3.63) is 52.3 Å². The van der Waals surface area contributed by atoms with Gasteiger partial charge in [0.1, 0.15) is 17.3 Å². The summed E-state index contributed by atoms with van der Waals surface area (Å²) in [4.78, 5) is 12.4. The van der Waals surface area contributed by atoms with Crippen molar-refractivity contribution in [2.45, 2.75) is 19.8 Å². The monoisotopic (exact) mass is 395 g/mol. The fourth-order valence-corrected chi connectivity index (χ4v) is 2.38. The molecule has 0 saturated carbocycles. The number of carbonyl (C=O) groups excluding carboxylic acids is 1. The molecule has 0 aliphatic rings. The zero-order chi connectivity index (χ0) is 17.5. The topological polar surface area (TPSA) is 47.6 Å². The number of halogens is 2. The van der Waals surface area contributed by atoms with E-state index in [1.165, 1.54) is 19.2 Å². The molecule has 0 radical (unpaired) electrons. The molecule has 0 aliphatic carbocycles. The molecule has 0 aliphatic heterocycles. The molecular weight excluding hydrogens is 377 g/mol. The van der Waals surface area contributed by atoms with E-state index in [0.717, 1.165) is 12.8 Å². The Morgan fingerprint density at radius 2 is 2.04 bits per heavy atom. The number of methoxy groups -OCH3 is 1. The first-order valence-electron chi connectivity index (χ1n) is 7.62. The summed E-state index contributed by atoms with van der Waals surface area (Å²) < 4.78 is 25.4. The van der Waals surface area contributed by atoms with Gasteiger partial charge in [-0.25, -0.2) is 4.39 Å². The van der Waals surface area contributed by atoms with Gasteiger partial charge in [-0.2, -0.15) is 0 Å². The van der Waals surface area contributed by atoms with E-state index >= 15 is 0 Å². The lowest BCUT2D eigenvalue weighted by molar-refractivity contribution is 0.102. The summed E-state index contributed by atoms with van der Waals surface area (Å²) in [7, 11) is 1.53. The Balaban J connectivity index is 2.23. The van der Waals surface area contributed by atoms with Crippen molar-refractivity contribution in [3.8, 4) is 11.5 Å². The van der Waals surface area contributed by atoms with Crippen molar-refractivity contribution >= 4 is 27.5 Å². The molecule has 0 bridgehead atoms. The number of benzene rings is 2. The molecule has 2 rings (SSSR count). The summed E-state index contributed by atoms with van der Waals surface area (Å²) in [6.07, 6.45) is 1.91. The fraction of sp³-hybridized carbons (Fsp3) is 0.278. The van der Waals surface area contributed by atoms with Crippen LogP contribution in [0.25, 0.3) is 0 Å². The van der Waals surface area contributed by atoms with Gasteiger partial charge in [-0.3, -0.25) is 4.79 Å². The molecule has 1 amide bonds. The van der Waals surface area contributed by atoms with E-state index in [2.05, 4.69) is 28.2 Å². The minimum atomic E-state index is -0.599. The van der Waals surface area contributed by atoms with Gasteiger partial charge in [0.05, 0.1) is 25.0 Å². The van der Waals surface area contributed by atoms with Gasteiger partial charge in [0, 0.05) is 10.5 Å². The molecule has 0 unspecified atom stereocenters. The maximum absolute atomic E-state index is 14.0. The molecule has 0 spiro atoms. The number of anilines is 1. The summed E-state index contributed by atoms with van der Waals surface area (Å²) in [5.74, 6) is -0.0497. The molecule has 0 heterocycles.